The Morgan fingerprint density at radius 3 is 2.43 bits per heavy atom. The first kappa shape index (κ1) is 27.2. The quantitative estimate of drug-likeness (QED) is 0.143. The van der Waals surface area contributed by atoms with E-state index in [1.807, 2.05) is 0 Å². The van der Waals surface area contributed by atoms with Gasteiger partial charge in [0.15, 0.2) is 0 Å². The van der Waals surface area contributed by atoms with Crippen molar-refractivity contribution in [2.75, 3.05) is 6.54 Å². The van der Waals surface area contributed by atoms with Gasteiger partial charge in [-0.2, -0.15) is 0 Å². The van der Waals surface area contributed by atoms with E-state index in [4.69, 9.17) is 17.2 Å². The Hall–Kier alpha value is -4.01. The SMILES string of the molecule is NC(=O)CCC(N)C(=O)NC(Cc1cnc[nH]1)C(=O)N1CCCC1C(=O)NC(CC(N)=O)C(=O)O. The number of nitrogens with two attached hydrogens (primary N) is 3. The molecule has 0 aliphatic carbocycles. The number of nitrogens with zero attached hydrogens (tertiary/aromatic N) is 2. The Kier molecular flexibility index (Phi) is 9.69. The van der Waals surface area contributed by atoms with E-state index >= 15 is 0 Å². The Bertz CT molecular complexity index is 951. The second-order valence-corrected chi connectivity index (χ2v) is 8.21. The van der Waals surface area contributed by atoms with Crippen LogP contribution in [0.4, 0.5) is 0 Å². The van der Waals surface area contributed by atoms with E-state index in [-0.39, 0.29) is 32.2 Å². The van der Waals surface area contributed by atoms with Gasteiger partial charge >= 0.3 is 5.97 Å². The topological polar surface area (TPSA) is 257 Å². The Morgan fingerprint density at radius 2 is 1.86 bits per heavy atom. The van der Waals surface area contributed by atoms with Gasteiger partial charge < -0.3 is 42.8 Å². The van der Waals surface area contributed by atoms with Gasteiger partial charge in [0.25, 0.3) is 0 Å². The number of amides is 5. The van der Waals surface area contributed by atoms with Crippen LogP contribution in [0.25, 0.3) is 0 Å². The molecular formula is C20H30N8O7. The molecule has 0 aromatic carbocycles. The van der Waals surface area contributed by atoms with E-state index in [0.29, 0.717) is 12.1 Å². The van der Waals surface area contributed by atoms with Gasteiger partial charge in [0, 0.05) is 31.3 Å². The summed E-state index contributed by atoms with van der Waals surface area (Å²) in [6.07, 6.45) is 2.85. The standard InChI is InChI=1S/C20H30N8O7/c21-11(3-4-15(22)29)17(31)26-12(6-10-8-24-9-25-10)19(33)28-5-1-2-14(28)18(32)27-13(20(34)35)7-16(23)30/h8-9,11-14H,1-7,21H2,(H2,22,29)(H2,23,30)(H,24,25)(H,26,31)(H,27,32)(H,34,35). The zero-order valence-corrected chi connectivity index (χ0v) is 18.9. The number of carboxylic acid groups (broad SMARTS) is 1. The van der Waals surface area contributed by atoms with Crippen LogP contribution in [0.5, 0.6) is 0 Å². The van der Waals surface area contributed by atoms with E-state index in [1.54, 1.807) is 0 Å². The summed E-state index contributed by atoms with van der Waals surface area (Å²) in [5.41, 5.74) is 16.5. The zero-order chi connectivity index (χ0) is 26.1. The van der Waals surface area contributed by atoms with Crippen molar-refractivity contribution >= 4 is 35.5 Å². The molecule has 5 amide bonds. The number of hydrogen-bond donors (Lipinski definition) is 7. The lowest BCUT2D eigenvalue weighted by Crippen LogP contribution is -2.57. The molecule has 1 saturated heterocycles. The van der Waals surface area contributed by atoms with E-state index < -0.39 is 66.1 Å². The van der Waals surface area contributed by atoms with Gasteiger partial charge in [-0.25, -0.2) is 9.78 Å². The molecule has 10 N–H and O–H groups in total. The Balaban J connectivity index is 2.16. The maximum Gasteiger partial charge on any atom is 0.326 e. The summed E-state index contributed by atoms with van der Waals surface area (Å²) in [7, 11) is 0. The summed E-state index contributed by atoms with van der Waals surface area (Å²) in [4.78, 5) is 80.2. The third-order valence-corrected chi connectivity index (χ3v) is 5.49. The van der Waals surface area contributed by atoms with Gasteiger partial charge in [0.1, 0.15) is 18.1 Å². The number of likely N-dealkylation sites (tertiary alicyclic amines) is 1. The number of carbonyl (C=O) groups excluding carboxylic acids is 5. The molecule has 15 nitrogen and oxygen atoms in total. The molecule has 2 heterocycles. The Labute approximate surface area is 200 Å². The molecule has 192 valence electrons. The van der Waals surface area contributed by atoms with Crippen LogP contribution in [0.15, 0.2) is 12.5 Å². The van der Waals surface area contributed by atoms with Crippen LogP contribution in [0, 0.1) is 0 Å². The van der Waals surface area contributed by atoms with Crippen molar-refractivity contribution < 1.29 is 33.9 Å². The van der Waals surface area contributed by atoms with Crippen molar-refractivity contribution in [2.45, 2.75) is 62.7 Å². The number of H-pyrrole nitrogens is 1. The minimum Gasteiger partial charge on any atom is -0.480 e. The highest BCUT2D eigenvalue weighted by atomic mass is 16.4. The van der Waals surface area contributed by atoms with Crippen molar-refractivity contribution in [1.29, 1.82) is 0 Å². The molecule has 2 rings (SSSR count). The number of aromatic amines is 1. The van der Waals surface area contributed by atoms with Crippen LogP contribution < -0.4 is 27.8 Å². The highest BCUT2D eigenvalue weighted by molar-refractivity contribution is 5.95. The molecular weight excluding hydrogens is 464 g/mol. The molecule has 0 bridgehead atoms. The number of carbonyl (C=O) groups is 6. The molecule has 0 radical (unpaired) electrons. The fourth-order valence-electron chi connectivity index (χ4n) is 3.70. The predicted molar refractivity (Wildman–Crippen MR) is 119 cm³/mol. The van der Waals surface area contributed by atoms with Crippen molar-refractivity contribution in [3.05, 3.63) is 18.2 Å². The van der Waals surface area contributed by atoms with E-state index in [2.05, 4.69) is 20.6 Å². The largest absolute Gasteiger partial charge is 0.480 e. The summed E-state index contributed by atoms with van der Waals surface area (Å²) in [5, 5.41) is 14.1. The number of hydrogen-bond acceptors (Lipinski definition) is 8. The summed E-state index contributed by atoms with van der Waals surface area (Å²) in [6.45, 7) is 0.188. The lowest BCUT2D eigenvalue weighted by Gasteiger charge is -2.29. The average Bonchev–Trinajstić information content (AvgIpc) is 3.47. The maximum atomic E-state index is 13.4. The molecule has 35 heavy (non-hydrogen) atoms. The normalized spacial score (nSPS) is 17.7. The summed E-state index contributed by atoms with van der Waals surface area (Å²) >= 11 is 0. The van der Waals surface area contributed by atoms with Gasteiger partial charge in [-0.1, -0.05) is 0 Å². The maximum absolute atomic E-state index is 13.4. The fraction of sp³-hybridized carbons (Fsp3) is 0.550. The first-order valence-electron chi connectivity index (χ1n) is 10.9. The fourth-order valence-corrected chi connectivity index (χ4v) is 3.70. The number of nitrogens with one attached hydrogen (secondary N) is 3. The molecule has 0 spiro atoms. The predicted octanol–water partition coefficient (Wildman–Crippen LogP) is -3.53. The minimum atomic E-state index is -1.54. The first-order chi connectivity index (χ1) is 16.5. The van der Waals surface area contributed by atoms with Crippen molar-refractivity contribution in [3.63, 3.8) is 0 Å². The van der Waals surface area contributed by atoms with Crippen LogP contribution in [0.2, 0.25) is 0 Å². The van der Waals surface area contributed by atoms with Gasteiger partial charge in [-0.15, -0.1) is 0 Å². The summed E-state index contributed by atoms with van der Waals surface area (Å²) in [6, 6.07) is -4.78. The van der Waals surface area contributed by atoms with E-state index in [0.717, 1.165) is 0 Å². The summed E-state index contributed by atoms with van der Waals surface area (Å²) in [5.74, 6) is -5.00. The molecule has 1 aliphatic heterocycles. The molecule has 15 heteroatoms. The minimum absolute atomic E-state index is 0.0113. The summed E-state index contributed by atoms with van der Waals surface area (Å²) < 4.78 is 0. The highest BCUT2D eigenvalue weighted by Gasteiger charge is 2.39. The molecule has 1 aromatic rings. The van der Waals surface area contributed by atoms with Crippen LogP contribution in [-0.2, 0) is 35.2 Å². The van der Waals surface area contributed by atoms with Crippen LogP contribution >= 0.6 is 0 Å². The zero-order valence-electron chi connectivity index (χ0n) is 18.9. The number of carboxylic acids is 1. The number of rotatable bonds is 13. The van der Waals surface area contributed by atoms with Gasteiger partial charge in [0.05, 0.1) is 18.8 Å². The smallest absolute Gasteiger partial charge is 0.326 e. The average molecular weight is 495 g/mol. The number of imidazole rings is 1. The van der Waals surface area contributed by atoms with Crippen LogP contribution in [0.3, 0.4) is 0 Å². The Morgan fingerprint density at radius 1 is 1.14 bits per heavy atom. The lowest BCUT2D eigenvalue weighted by molar-refractivity contribution is -0.145. The third-order valence-electron chi connectivity index (χ3n) is 5.49. The second-order valence-electron chi connectivity index (χ2n) is 8.21. The van der Waals surface area contributed by atoms with Crippen molar-refractivity contribution in [2.24, 2.45) is 17.2 Å². The highest BCUT2D eigenvalue weighted by Crippen LogP contribution is 2.20. The van der Waals surface area contributed by atoms with Crippen molar-refractivity contribution in [3.8, 4) is 0 Å². The molecule has 4 unspecified atom stereocenters. The van der Waals surface area contributed by atoms with Gasteiger partial charge in [-0.05, 0) is 19.3 Å². The second kappa shape index (κ2) is 12.5. The van der Waals surface area contributed by atoms with Gasteiger partial charge in [0.2, 0.25) is 29.5 Å². The van der Waals surface area contributed by atoms with E-state index in [1.165, 1.54) is 17.4 Å². The van der Waals surface area contributed by atoms with Gasteiger partial charge in [-0.3, -0.25) is 24.0 Å². The van der Waals surface area contributed by atoms with Crippen LogP contribution in [-0.4, -0.2) is 86.2 Å². The molecule has 4 atom stereocenters. The van der Waals surface area contributed by atoms with E-state index in [9.17, 15) is 33.9 Å². The molecule has 1 aromatic heterocycles. The van der Waals surface area contributed by atoms with Crippen LogP contribution in [0.1, 0.15) is 37.8 Å². The number of aliphatic carboxylic acids is 1. The molecule has 0 saturated carbocycles. The lowest BCUT2D eigenvalue weighted by atomic mass is 10.1. The molecule has 1 fully saturated rings. The number of aromatic nitrogens is 2. The third kappa shape index (κ3) is 8.06. The van der Waals surface area contributed by atoms with Crippen molar-refractivity contribution in [1.82, 2.24) is 25.5 Å². The molecule has 1 aliphatic rings. The first-order valence-corrected chi connectivity index (χ1v) is 10.9. The number of primary amides is 2. The monoisotopic (exact) mass is 494 g/mol.